The molecular weight excluding hydrogens is 198 g/mol. The van der Waals surface area contributed by atoms with Crippen molar-refractivity contribution in [3.05, 3.63) is 0 Å². The Bertz CT molecular complexity index is 211. The first-order chi connectivity index (χ1) is 7.77. The maximum Gasteiger partial charge on any atom is 0.0470 e. The van der Waals surface area contributed by atoms with Gasteiger partial charge in [0.25, 0.3) is 0 Å². The van der Waals surface area contributed by atoms with Gasteiger partial charge < -0.3 is 10.6 Å². The number of hydrogen-bond acceptors (Lipinski definition) is 3. The highest BCUT2D eigenvalue weighted by atomic mass is 15.3. The van der Waals surface area contributed by atoms with Gasteiger partial charge in [-0.1, -0.05) is 19.3 Å². The zero-order valence-corrected chi connectivity index (χ0v) is 10.7. The third-order valence-corrected chi connectivity index (χ3v) is 4.43. The molecule has 1 atom stereocenters. The predicted octanol–water partition coefficient (Wildman–Crippen LogP) is 1.29. The van der Waals surface area contributed by atoms with Crippen molar-refractivity contribution in [2.24, 2.45) is 5.73 Å². The van der Waals surface area contributed by atoms with Crippen LogP contribution in [0.15, 0.2) is 0 Å². The lowest BCUT2D eigenvalue weighted by molar-refractivity contribution is 0.0914. The Morgan fingerprint density at radius 2 is 1.62 bits per heavy atom. The van der Waals surface area contributed by atoms with E-state index in [1.807, 2.05) is 0 Å². The van der Waals surface area contributed by atoms with Gasteiger partial charge in [0.15, 0.2) is 0 Å². The van der Waals surface area contributed by atoms with Crippen molar-refractivity contribution < 1.29 is 0 Å². The van der Waals surface area contributed by atoms with Gasteiger partial charge in [-0.25, -0.2) is 0 Å². The Balaban J connectivity index is 2.00. The van der Waals surface area contributed by atoms with E-state index in [0.29, 0.717) is 5.54 Å². The van der Waals surface area contributed by atoms with Gasteiger partial charge >= 0.3 is 0 Å². The summed E-state index contributed by atoms with van der Waals surface area (Å²) in [6.07, 6.45) is 8.25. The first-order valence-corrected chi connectivity index (χ1v) is 6.90. The highest BCUT2D eigenvalue weighted by Crippen LogP contribution is 2.28. The van der Waals surface area contributed by atoms with Crippen LogP contribution in [-0.4, -0.2) is 55.1 Å². The van der Waals surface area contributed by atoms with Crippen LogP contribution in [0.1, 0.15) is 38.5 Å². The van der Waals surface area contributed by atoms with E-state index >= 15 is 0 Å². The standard InChI is InChI=1S/C13H27N3/c1-15-10-7-13(11-14,12-15)16-8-5-3-2-4-6-9-16/h2-12,14H2,1H3. The first kappa shape index (κ1) is 12.3. The van der Waals surface area contributed by atoms with Gasteiger partial charge in [-0.15, -0.1) is 0 Å². The number of nitrogens with two attached hydrogens (primary N) is 1. The number of nitrogens with zero attached hydrogens (tertiary/aromatic N) is 2. The first-order valence-electron chi connectivity index (χ1n) is 6.90. The molecule has 2 rings (SSSR count). The van der Waals surface area contributed by atoms with E-state index in [2.05, 4.69) is 16.8 Å². The van der Waals surface area contributed by atoms with Gasteiger partial charge in [0.05, 0.1) is 0 Å². The van der Waals surface area contributed by atoms with Crippen molar-refractivity contribution in [2.45, 2.75) is 44.1 Å². The molecule has 0 aromatic carbocycles. The number of likely N-dealkylation sites (tertiary alicyclic amines) is 2. The second kappa shape index (κ2) is 5.48. The Morgan fingerprint density at radius 1 is 1.00 bits per heavy atom. The quantitative estimate of drug-likeness (QED) is 0.768. The van der Waals surface area contributed by atoms with E-state index < -0.39 is 0 Å². The molecule has 2 heterocycles. The lowest BCUT2D eigenvalue weighted by Crippen LogP contribution is -2.56. The van der Waals surface area contributed by atoms with Crippen LogP contribution in [0.3, 0.4) is 0 Å². The van der Waals surface area contributed by atoms with Crippen molar-refractivity contribution in [1.82, 2.24) is 9.80 Å². The third kappa shape index (κ3) is 2.58. The number of hydrogen-bond donors (Lipinski definition) is 1. The summed E-state index contributed by atoms with van der Waals surface area (Å²) in [5.41, 5.74) is 6.38. The van der Waals surface area contributed by atoms with Crippen LogP contribution in [-0.2, 0) is 0 Å². The van der Waals surface area contributed by atoms with Gasteiger partial charge in [0.2, 0.25) is 0 Å². The monoisotopic (exact) mass is 225 g/mol. The lowest BCUT2D eigenvalue weighted by Gasteiger charge is -2.41. The Hall–Kier alpha value is -0.120. The Morgan fingerprint density at radius 3 is 2.12 bits per heavy atom. The summed E-state index contributed by atoms with van der Waals surface area (Å²) in [5, 5.41) is 0. The average molecular weight is 225 g/mol. The summed E-state index contributed by atoms with van der Waals surface area (Å²) < 4.78 is 0. The van der Waals surface area contributed by atoms with Crippen LogP contribution >= 0.6 is 0 Å². The molecule has 0 radical (unpaired) electrons. The molecule has 1 unspecified atom stereocenters. The molecule has 0 aromatic heterocycles. The molecule has 2 saturated heterocycles. The molecule has 3 heteroatoms. The molecule has 0 amide bonds. The molecule has 16 heavy (non-hydrogen) atoms. The Kier molecular flexibility index (Phi) is 4.22. The largest absolute Gasteiger partial charge is 0.329 e. The van der Waals surface area contributed by atoms with Crippen molar-refractivity contribution in [1.29, 1.82) is 0 Å². The fraction of sp³-hybridized carbons (Fsp3) is 1.00. The SMILES string of the molecule is CN1CCC(CN)(N2CCCCCCC2)C1. The normalized spacial score (nSPS) is 34.9. The lowest BCUT2D eigenvalue weighted by atomic mass is 9.94. The number of likely N-dealkylation sites (N-methyl/N-ethyl adjacent to an activating group) is 1. The molecule has 0 aliphatic carbocycles. The average Bonchev–Trinajstić information content (AvgIpc) is 2.61. The smallest absolute Gasteiger partial charge is 0.0470 e. The minimum Gasteiger partial charge on any atom is -0.329 e. The summed E-state index contributed by atoms with van der Waals surface area (Å²) in [6.45, 7) is 5.75. The van der Waals surface area contributed by atoms with Crippen molar-refractivity contribution in [3.63, 3.8) is 0 Å². The highest BCUT2D eigenvalue weighted by molar-refractivity contribution is 4.99. The van der Waals surface area contributed by atoms with Crippen LogP contribution in [0, 0.1) is 0 Å². The van der Waals surface area contributed by atoms with Crippen molar-refractivity contribution in [3.8, 4) is 0 Å². The van der Waals surface area contributed by atoms with E-state index in [1.165, 1.54) is 64.7 Å². The zero-order chi connectivity index (χ0) is 11.4. The summed E-state index contributed by atoms with van der Waals surface area (Å²) in [6, 6.07) is 0. The predicted molar refractivity (Wildman–Crippen MR) is 68.6 cm³/mol. The van der Waals surface area contributed by atoms with Gasteiger partial charge in [-0.05, 0) is 45.9 Å². The minimum atomic E-state index is 0.298. The van der Waals surface area contributed by atoms with E-state index in [1.54, 1.807) is 0 Å². The third-order valence-electron chi connectivity index (χ3n) is 4.43. The topological polar surface area (TPSA) is 32.5 Å². The molecule has 2 N–H and O–H groups in total. The van der Waals surface area contributed by atoms with E-state index in [9.17, 15) is 0 Å². The highest BCUT2D eigenvalue weighted by Gasteiger charge is 2.40. The molecule has 94 valence electrons. The maximum absolute atomic E-state index is 6.08. The van der Waals surface area contributed by atoms with E-state index in [0.717, 1.165) is 6.54 Å². The van der Waals surface area contributed by atoms with Crippen LogP contribution in [0.5, 0.6) is 0 Å². The number of rotatable bonds is 2. The minimum absolute atomic E-state index is 0.298. The van der Waals surface area contributed by atoms with Gasteiger partial charge in [0, 0.05) is 18.6 Å². The molecule has 3 nitrogen and oxygen atoms in total. The summed E-state index contributed by atoms with van der Waals surface area (Å²) >= 11 is 0. The molecule has 2 aliphatic rings. The maximum atomic E-state index is 6.08. The molecule has 0 spiro atoms. The Labute approximate surface area is 100.0 Å². The summed E-state index contributed by atoms with van der Waals surface area (Å²) in [5.74, 6) is 0. The van der Waals surface area contributed by atoms with Gasteiger partial charge in [-0.3, -0.25) is 4.90 Å². The van der Waals surface area contributed by atoms with Crippen LogP contribution in [0.4, 0.5) is 0 Å². The van der Waals surface area contributed by atoms with Gasteiger partial charge in [-0.2, -0.15) is 0 Å². The molecule has 2 aliphatic heterocycles. The molecule has 0 saturated carbocycles. The van der Waals surface area contributed by atoms with E-state index in [4.69, 9.17) is 5.73 Å². The summed E-state index contributed by atoms with van der Waals surface area (Å²) in [7, 11) is 2.22. The van der Waals surface area contributed by atoms with Crippen molar-refractivity contribution >= 4 is 0 Å². The molecule has 2 fully saturated rings. The molecule has 0 aromatic rings. The van der Waals surface area contributed by atoms with Crippen LogP contribution < -0.4 is 5.73 Å². The molecular formula is C13H27N3. The van der Waals surface area contributed by atoms with Crippen LogP contribution in [0.2, 0.25) is 0 Å². The second-order valence-electron chi connectivity index (χ2n) is 5.67. The van der Waals surface area contributed by atoms with Gasteiger partial charge in [0.1, 0.15) is 0 Å². The zero-order valence-electron chi connectivity index (χ0n) is 10.7. The second-order valence-corrected chi connectivity index (χ2v) is 5.67. The fourth-order valence-electron chi connectivity index (χ4n) is 3.34. The molecule has 0 bridgehead atoms. The van der Waals surface area contributed by atoms with Crippen LogP contribution in [0.25, 0.3) is 0 Å². The van der Waals surface area contributed by atoms with Crippen molar-refractivity contribution in [2.75, 3.05) is 39.8 Å². The fourth-order valence-corrected chi connectivity index (χ4v) is 3.34. The summed E-state index contributed by atoms with van der Waals surface area (Å²) in [4.78, 5) is 5.14. The van der Waals surface area contributed by atoms with E-state index in [-0.39, 0.29) is 0 Å².